The number of hydrogen-bond donors (Lipinski definition) is 0. The van der Waals surface area contributed by atoms with Crippen molar-refractivity contribution in [2.24, 2.45) is 0 Å². The number of carbonyl (C=O) groups is 1. The molecule has 0 fully saturated rings. The van der Waals surface area contributed by atoms with Crippen molar-refractivity contribution in [1.29, 1.82) is 0 Å². The van der Waals surface area contributed by atoms with Crippen LogP contribution in [0, 0.1) is 6.92 Å². The summed E-state index contributed by atoms with van der Waals surface area (Å²) in [6, 6.07) is 3.56. The van der Waals surface area contributed by atoms with Gasteiger partial charge in [-0.25, -0.2) is 4.98 Å². The Morgan fingerprint density at radius 1 is 1.42 bits per heavy atom. The Morgan fingerprint density at radius 2 is 2.29 bits per heavy atom. The third kappa shape index (κ3) is 2.33. The van der Waals surface area contributed by atoms with Crippen molar-refractivity contribution >= 4 is 5.91 Å². The zero-order valence-corrected chi connectivity index (χ0v) is 13.7. The lowest BCUT2D eigenvalue weighted by Gasteiger charge is -2.34. The smallest absolute Gasteiger partial charge is 0.258 e. The normalized spacial score (nSPS) is 17.1. The standard InChI is InChI=1S/C17H19N5O2/c1-12-16-18-10-14(11-20-6-3-5-19-20)22(16)8-7-21(12)17(23)15-4-9-24-13(15)2/h3-6,9-10,12H,7-8,11H2,1-2H3/t12-/m1/s1. The van der Waals surface area contributed by atoms with Crippen LogP contribution in [-0.4, -0.2) is 36.7 Å². The highest BCUT2D eigenvalue weighted by Gasteiger charge is 2.31. The molecule has 0 radical (unpaired) electrons. The lowest BCUT2D eigenvalue weighted by molar-refractivity contribution is 0.0634. The first-order valence-electron chi connectivity index (χ1n) is 8.02. The second-order valence-corrected chi connectivity index (χ2v) is 6.03. The molecule has 3 aromatic heterocycles. The Balaban J connectivity index is 1.59. The van der Waals surface area contributed by atoms with Gasteiger partial charge in [0.1, 0.15) is 11.6 Å². The molecule has 1 atom stereocenters. The van der Waals surface area contributed by atoms with E-state index in [1.165, 1.54) is 0 Å². The molecular formula is C17H19N5O2. The van der Waals surface area contributed by atoms with Gasteiger partial charge in [0, 0.05) is 25.5 Å². The van der Waals surface area contributed by atoms with Crippen LogP contribution in [0.3, 0.4) is 0 Å². The van der Waals surface area contributed by atoms with E-state index >= 15 is 0 Å². The van der Waals surface area contributed by atoms with E-state index in [4.69, 9.17) is 4.42 Å². The van der Waals surface area contributed by atoms with Crippen LogP contribution in [0.25, 0.3) is 0 Å². The maximum absolute atomic E-state index is 12.8. The molecule has 4 heterocycles. The molecule has 1 amide bonds. The fourth-order valence-corrected chi connectivity index (χ4v) is 3.28. The number of carbonyl (C=O) groups excluding carboxylic acids is 1. The molecule has 7 heteroatoms. The minimum atomic E-state index is -0.0769. The van der Waals surface area contributed by atoms with Gasteiger partial charge in [0.05, 0.1) is 36.3 Å². The molecule has 1 aliphatic heterocycles. The van der Waals surface area contributed by atoms with Gasteiger partial charge in [-0.05, 0) is 26.0 Å². The molecule has 4 rings (SSSR count). The second kappa shape index (κ2) is 5.67. The number of rotatable bonds is 3. The van der Waals surface area contributed by atoms with E-state index in [2.05, 4.69) is 14.6 Å². The van der Waals surface area contributed by atoms with E-state index in [0.717, 1.165) is 18.1 Å². The van der Waals surface area contributed by atoms with Crippen molar-refractivity contribution < 1.29 is 9.21 Å². The highest BCUT2D eigenvalue weighted by molar-refractivity contribution is 5.95. The summed E-state index contributed by atoms with van der Waals surface area (Å²) in [6.45, 7) is 5.90. The number of hydrogen-bond acceptors (Lipinski definition) is 4. The van der Waals surface area contributed by atoms with Gasteiger partial charge in [0.15, 0.2) is 0 Å². The summed E-state index contributed by atoms with van der Waals surface area (Å²) >= 11 is 0. The average Bonchev–Trinajstić information content (AvgIpc) is 3.30. The molecule has 0 saturated carbocycles. The van der Waals surface area contributed by atoms with Crippen LogP contribution < -0.4 is 0 Å². The molecular weight excluding hydrogens is 306 g/mol. The number of nitrogens with zero attached hydrogens (tertiary/aromatic N) is 5. The van der Waals surface area contributed by atoms with Crippen LogP contribution in [0.5, 0.6) is 0 Å². The van der Waals surface area contributed by atoms with Gasteiger partial charge in [0.25, 0.3) is 5.91 Å². The van der Waals surface area contributed by atoms with Crippen molar-refractivity contribution in [2.75, 3.05) is 6.54 Å². The summed E-state index contributed by atoms with van der Waals surface area (Å²) in [5.41, 5.74) is 1.73. The summed E-state index contributed by atoms with van der Waals surface area (Å²) in [7, 11) is 0. The second-order valence-electron chi connectivity index (χ2n) is 6.03. The molecule has 0 unspecified atom stereocenters. The first-order chi connectivity index (χ1) is 11.6. The van der Waals surface area contributed by atoms with Gasteiger partial charge in [0.2, 0.25) is 0 Å². The van der Waals surface area contributed by atoms with Crippen molar-refractivity contribution in [2.45, 2.75) is 33.0 Å². The van der Waals surface area contributed by atoms with Gasteiger partial charge in [-0.2, -0.15) is 5.10 Å². The Morgan fingerprint density at radius 3 is 3.00 bits per heavy atom. The molecule has 0 N–H and O–H groups in total. The van der Waals surface area contributed by atoms with E-state index in [1.807, 2.05) is 41.9 Å². The van der Waals surface area contributed by atoms with Gasteiger partial charge in [-0.1, -0.05) is 0 Å². The molecule has 0 aliphatic carbocycles. The van der Waals surface area contributed by atoms with Crippen molar-refractivity contribution in [3.63, 3.8) is 0 Å². The molecule has 0 spiro atoms. The fraction of sp³-hybridized carbons (Fsp3) is 0.353. The quantitative estimate of drug-likeness (QED) is 0.740. The van der Waals surface area contributed by atoms with Gasteiger partial charge in [-0.3, -0.25) is 9.48 Å². The topological polar surface area (TPSA) is 69.1 Å². The third-order valence-electron chi connectivity index (χ3n) is 4.61. The molecule has 0 bridgehead atoms. The Kier molecular flexibility index (Phi) is 3.48. The SMILES string of the molecule is Cc1occc1C(=O)N1CCn2c(Cn3cccn3)cnc2[C@H]1C. The summed E-state index contributed by atoms with van der Waals surface area (Å²) in [6.07, 6.45) is 7.14. The lowest BCUT2D eigenvalue weighted by atomic mass is 10.1. The highest BCUT2D eigenvalue weighted by atomic mass is 16.3. The number of amides is 1. The van der Waals surface area contributed by atoms with E-state index in [-0.39, 0.29) is 11.9 Å². The number of aromatic nitrogens is 4. The predicted molar refractivity (Wildman–Crippen MR) is 86.5 cm³/mol. The maximum Gasteiger partial charge on any atom is 0.258 e. The summed E-state index contributed by atoms with van der Waals surface area (Å²) in [5.74, 6) is 1.56. The van der Waals surface area contributed by atoms with Gasteiger partial charge < -0.3 is 13.9 Å². The summed E-state index contributed by atoms with van der Waals surface area (Å²) in [5, 5.41) is 4.25. The van der Waals surface area contributed by atoms with E-state index in [0.29, 0.717) is 24.4 Å². The van der Waals surface area contributed by atoms with Gasteiger partial charge >= 0.3 is 0 Å². The van der Waals surface area contributed by atoms with Gasteiger partial charge in [-0.15, -0.1) is 0 Å². The Bertz CT molecular complexity index is 862. The molecule has 124 valence electrons. The fourth-order valence-electron chi connectivity index (χ4n) is 3.28. The minimum Gasteiger partial charge on any atom is -0.469 e. The average molecular weight is 325 g/mol. The summed E-state index contributed by atoms with van der Waals surface area (Å²) in [4.78, 5) is 19.2. The van der Waals surface area contributed by atoms with Crippen molar-refractivity contribution in [1.82, 2.24) is 24.2 Å². The molecule has 1 aliphatic rings. The van der Waals surface area contributed by atoms with Crippen LogP contribution in [-0.2, 0) is 13.1 Å². The van der Waals surface area contributed by atoms with Crippen LogP contribution >= 0.6 is 0 Å². The number of furan rings is 1. The number of imidazole rings is 1. The zero-order valence-electron chi connectivity index (χ0n) is 13.7. The van der Waals surface area contributed by atoms with E-state index in [1.54, 1.807) is 18.5 Å². The van der Waals surface area contributed by atoms with E-state index < -0.39 is 0 Å². The lowest BCUT2D eigenvalue weighted by Crippen LogP contribution is -2.41. The highest BCUT2D eigenvalue weighted by Crippen LogP contribution is 2.28. The predicted octanol–water partition coefficient (Wildman–Crippen LogP) is 2.25. The molecule has 24 heavy (non-hydrogen) atoms. The molecule has 0 saturated heterocycles. The molecule has 3 aromatic rings. The van der Waals surface area contributed by atoms with Crippen molar-refractivity contribution in [3.8, 4) is 0 Å². The minimum absolute atomic E-state index is 0.00312. The van der Waals surface area contributed by atoms with Crippen molar-refractivity contribution in [3.05, 3.63) is 59.8 Å². The largest absolute Gasteiger partial charge is 0.469 e. The Hall–Kier alpha value is -2.83. The Labute approximate surface area is 139 Å². The van der Waals surface area contributed by atoms with Crippen LogP contribution in [0.15, 0.2) is 41.4 Å². The van der Waals surface area contributed by atoms with E-state index in [9.17, 15) is 4.79 Å². The first-order valence-corrected chi connectivity index (χ1v) is 8.02. The first kappa shape index (κ1) is 14.7. The zero-order chi connectivity index (χ0) is 16.7. The number of fused-ring (bicyclic) bond motifs is 1. The maximum atomic E-state index is 12.8. The molecule has 7 nitrogen and oxygen atoms in total. The monoisotopic (exact) mass is 325 g/mol. The molecule has 0 aromatic carbocycles. The van der Waals surface area contributed by atoms with Crippen LogP contribution in [0.1, 0.15) is 40.6 Å². The summed E-state index contributed by atoms with van der Waals surface area (Å²) < 4.78 is 9.34. The van der Waals surface area contributed by atoms with Crippen LogP contribution in [0.4, 0.5) is 0 Å². The number of aryl methyl sites for hydroxylation is 1. The third-order valence-corrected chi connectivity index (χ3v) is 4.61. The van der Waals surface area contributed by atoms with Crippen LogP contribution in [0.2, 0.25) is 0 Å².